The largest absolute Gasteiger partial charge is 0.480 e. The Balaban J connectivity index is 1.40. The highest BCUT2D eigenvalue weighted by atomic mass is 19.4. The number of nitrogens with two attached hydrogens (primary N) is 1. The SMILES string of the molecule is COc1ncc(-c2cc(C(F)(F)F)c3c(N)ncnn23)cc1C(=O)N[C@@H]1CN([C@@H](C)C2CCC(F)(F)C2)C[C@@H]1F. The van der Waals surface area contributed by atoms with E-state index in [0.29, 0.717) is 6.42 Å². The van der Waals surface area contributed by atoms with Crippen LogP contribution < -0.4 is 15.8 Å². The van der Waals surface area contributed by atoms with Gasteiger partial charge in [0.25, 0.3) is 5.91 Å². The van der Waals surface area contributed by atoms with Crippen molar-refractivity contribution in [2.24, 2.45) is 5.92 Å². The van der Waals surface area contributed by atoms with Gasteiger partial charge in [-0.25, -0.2) is 27.7 Å². The summed E-state index contributed by atoms with van der Waals surface area (Å²) in [6, 6.07) is 0.855. The molecule has 5 rings (SSSR count). The first kappa shape index (κ1) is 27.9. The number of amides is 1. The van der Waals surface area contributed by atoms with Crippen LogP contribution in [0.5, 0.6) is 5.88 Å². The number of hydrogen-bond acceptors (Lipinski definition) is 7. The second kappa shape index (κ2) is 10.1. The van der Waals surface area contributed by atoms with Crippen LogP contribution in [0, 0.1) is 5.92 Å². The van der Waals surface area contributed by atoms with Crippen molar-refractivity contribution in [3.05, 3.63) is 35.8 Å². The summed E-state index contributed by atoms with van der Waals surface area (Å²) in [5.41, 5.74) is 4.09. The molecule has 0 radical (unpaired) electrons. The van der Waals surface area contributed by atoms with Crippen molar-refractivity contribution in [3.8, 4) is 17.1 Å². The van der Waals surface area contributed by atoms with Gasteiger partial charge in [0.1, 0.15) is 23.6 Å². The van der Waals surface area contributed by atoms with E-state index in [4.69, 9.17) is 10.5 Å². The van der Waals surface area contributed by atoms with Crippen LogP contribution >= 0.6 is 0 Å². The maximum absolute atomic E-state index is 15.0. The number of fused-ring (bicyclic) bond motifs is 1. The standard InChI is InChI=1S/C25H27F6N7O2/c1-12(13-3-4-24(27,28)7-13)37-9-17(26)18(10-37)36-22(39)15-5-14(8-33-23(15)40-2)19-6-16(25(29,30)31)20-21(32)34-11-35-38(19)20/h5-6,8,11-13,17-18H,3-4,7,9-10H2,1-2H3,(H,36,39)(H2,32,34,35)/t12-,13?,17-,18+/m0/s1. The number of rotatable bonds is 6. The molecule has 2 aliphatic rings. The zero-order valence-corrected chi connectivity index (χ0v) is 21.6. The van der Waals surface area contributed by atoms with Crippen molar-refractivity contribution in [1.29, 1.82) is 0 Å². The van der Waals surface area contributed by atoms with E-state index in [-0.39, 0.29) is 66.4 Å². The molecule has 1 saturated heterocycles. The topological polar surface area (TPSA) is 111 Å². The minimum atomic E-state index is -4.77. The van der Waals surface area contributed by atoms with Crippen LogP contribution in [0.3, 0.4) is 0 Å². The molecule has 40 heavy (non-hydrogen) atoms. The lowest BCUT2D eigenvalue weighted by molar-refractivity contribution is -0.136. The Hall–Kier alpha value is -3.62. The van der Waals surface area contributed by atoms with Gasteiger partial charge in [-0.2, -0.15) is 18.3 Å². The van der Waals surface area contributed by atoms with Gasteiger partial charge in [0.15, 0.2) is 5.82 Å². The maximum Gasteiger partial charge on any atom is 0.418 e. The van der Waals surface area contributed by atoms with Crippen molar-refractivity contribution in [2.75, 3.05) is 25.9 Å². The van der Waals surface area contributed by atoms with E-state index in [2.05, 4.69) is 20.4 Å². The number of nitrogens with zero attached hydrogens (tertiary/aromatic N) is 5. The number of alkyl halides is 6. The molecule has 0 aromatic carbocycles. The lowest BCUT2D eigenvalue weighted by Gasteiger charge is -2.29. The number of carbonyl (C=O) groups excluding carboxylic acids is 1. The van der Waals surface area contributed by atoms with E-state index in [0.717, 1.165) is 16.9 Å². The fraction of sp³-hybridized carbons (Fsp3) is 0.520. The van der Waals surface area contributed by atoms with E-state index < -0.39 is 41.3 Å². The average Bonchev–Trinajstić information content (AvgIpc) is 3.58. The Kier molecular flexibility index (Phi) is 7.04. The van der Waals surface area contributed by atoms with Crippen LogP contribution in [0.25, 0.3) is 16.8 Å². The summed E-state index contributed by atoms with van der Waals surface area (Å²) in [5, 5.41) is 6.50. The predicted octanol–water partition coefficient (Wildman–Crippen LogP) is 3.98. The highest BCUT2D eigenvalue weighted by Crippen LogP contribution is 2.42. The lowest BCUT2D eigenvalue weighted by atomic mass is 9.98. The number of hydrogen-bond donors (Lipinski definition) is 2. The second-order valence-electron chi connectivity index (χ2n) is 10.3. The van der Waals surface area contributed by atoms with Gasteiger partial charge in [-0.15, -0.1) is 0 Å². The molecular weight excluding hydrogens is 544 g/mol. The number of aromatic nitrogens is 4. The molecule has 1 aliphatic carbocycles. The number of anilines is 1. The molecule has 3 aromatic heterocycles. The lowest BCUT2D eigenvalue weighted by Crippen LogP contribution is -2.43. The van der Waals surface area contributed by atoms with Crippen LogP contribution in [0.4, 0.5) is 32.2 Å². The van der Waals surface area contributed by atoms with E-state index in [1.54, 1.807) is 11.8 Å². The number of carbonyl (C=O) groups is 1. The van der Waals surface area contributed by atoms with E-state index in [9.17, 15) is 31.1 Å². The van der Waals surface area contributed by atoms with Gasteiger partial charge < -0.3 is 15.8 Å². The summed E-state index contributed by atoms with van der Waals surface area (Å²) >= 11 is 0. The third-order valence-corrected chi connectivity index (χ3v) is 7.77. The minimum Gasteiger partial charge on any atom is -0.480 e. The van der Waals surface area contributed by atoms with E-state index in [1.807, 2.05) is 0 Å². The molecule has 1 saturated carbocycles. The summed E-state index contributed by atoms with van der Waals surface area (Å²) in [5.74, 6) is -4.27. The summed E-state index contributed by atoms with van der Waals surface area (Å²) in [7, 11) is 1.26. The van der Waals surface area contributed by atoms with Gasteiger partial charge in [-0.3, -0.25) is 9.69 Å². The molecule has 1 aliphatic heterocycles. The van der Waals surface area contributed by atoms with E-state index in [1.165, 1.54) is 19.4 Å². The molecule has 9 nitrogen and oxygen atoms in total. The summed E-state index contributed by atoms with van der Waals surface area (Å²) in [4.78, 5) is 22.7. The number of pyridine rings is 1. The van der Waals surface area contributed by atoms with Crippen LogP contribution in [0.15, 0.2) is 24.7 Å². The summed E-state index contributed by atoms with van der Waals surface area (Å²) in [6.45, 7) is 1.87. The quantitative estimate of drug-likeness (QED) is 0.431. The molecule has 216 valence electrons. The highest BCUT2D eigenvalue weighted by molar-refractivity contribution is 5.98. The van der Waals surface area contributed by atoms with Gasteiger partial charge in [0, 0.05) is 43.7 Å². The number of nitrogens with one attached hydrogen (secondary N) is 1. The van der Waals surface area contributed by atoms with Gasteiger partial charge >= 0.3 is 6.18 Å². The van der Waals surface area contributed by atoms with Crippen molar-refractivity contribution >= 4 is 17.2 Å². The fourth-order valence-corrected chi connectivity index (χ4v) is 5.61. The van der Waals surface area contributed by atoms with Crippen molar-refractivity contribution in [1.82, 2.24) is 29.8 Å². The monoisotopic (exact) mass is 571 g/mol. The van der Waals surface area contributed by atoms with Gasteiger partial charge in [0.2, 0.25) is 11.8 Å². The average molecular weight is 572 g/mol. The Morgan fingerprint density at radius 3 is 2.65 bits per heavy atom. The van der Waals surface area contributed by atoms with Crippen LogP contribution in [-0.2, 0) is 6.18 Å². The summed E-state index contributed by atoms with van der Waals surface area (Å²) < 4.78 is 89.8. The summed E-state index contributed by atoms with van der Waals surface area (Å²) in [6.07, 6.45) is -4.12. The maximum atomic E-state index is 15.0. The normalized spacial score (nSPS) is 23.9. The molecule has 3 N–H and O–H groups in total. The van der Waals surface area contributed by atoms with Gasteiger partial charge in [-0.1, -0.05) is 0 Å². The minimum absolute atomic E-state index is 0.0267. The van der Waals surface area contributed by atoms with E-state index >= 15 is 0 Å². The molecule has 3 aromatic rings. The number of halogens is 6. The number of methoxy groups -OCH3 is 1. The molecule has 15 heteroatoms. The predicted molar refractivity (Wildman–Crippen MR) is 132 cm³/mol. The van der Waals surface area contributed by atoms with Crippen LogP contribution in [0.1, 0.15) is 42.1 Å². The zero-order valence-electron chi connectivity index (χ0n) is 21.6. The first-order chi connectivity index (χ1) is 18.8. The zero-order chi connectivity index (χ0) is 29.0. The molecule has 0 spiro atoms. The van der Waals surface area contributed by atoms with Crippen molar-refractivity contribution in [3.63, 3.8) is 0 Å². The molecule has 1 amide bonds. The molecule has 4 heterocycles. The Morgan fingerprint density at radius 1 is 1.25 bits per heavy atom. The van der Waals surface area contributed by atoms with Crippen molar-refractivity contribution < 1.29 is 35.9 Å². The Labute approximate surface area is 224 Å². The molecular formula is C25H27F6N7O2. The molecule has 4 atom stereocenters. The second-order valence-corrected chi connectivity index (χ2v) is 10.3. The highest BCUT2D eigenvalue weighted by Gasteiger charge is 2.45. The van der Waals surface area contributed by atoms with Crippen molar-refractivity contribution in [2.45, 2.75) is 56.5 Å². The smallest absolute Gasteiger partial charge is 0.418 e. The van der Waals surface area contributed by atoms with Crippen LogP contribution in [0.2, 0.25) is 0 Å². The first-order valence-electron chi connectivity index (χ1n) is 12.6. The fourth-order valence-electron chi connectivity index (χ4n) is 5.61. The Bertz CT molecular complexity index is 1430. The molecule has 0 bridgehead atoms. The molecule has 2 fully saturated rings. The number of likely N-dealkylation sites (tertiary alicyclic amines) is 1. The molecule has 1 unspecified atom stereocenters. The van der Waals surface area contributed by atoms with Gasteiger partial charge in [0.05, 0.1) is 24.4 Å². The van der Waals surface area contributed by atoms with Gasteiger partial charge in [-0.05, 0) is 31.4 Å². The first-order valence-corrected chi connectivity index (χ1v) is 12.6. The number of ether oxygens (including phenoxy) is 1. The van der Waals surface area contributed by atoms with Crippen LogP contribution in [-0.4, -0.2) is 74.8 Å². The third kappa shape index (κ3) is 5.13. The number of nitrogen functional groups attached to an aromatic ring is 1. The third-order valence-electron chi connectivity index (χ3n) is 7.77. The Morgan fingerprint density at radius 2 is 2.00 bits per heavy atom.